The SMILES string of the molecule is NC(=O)N1CCNC[C@@]1(COc1cccnc1)Cc1ccccc1. The number of hydrogen-bond acceptors (Lipinski definition) is 4. The second-order valence-corrected chi connectivity index (χ2v) is 6.03. The average Bonchev–Trinajstić information content (AvgIpc) is 2.62. The number of amides is 2. The third-order valence-corrected chi connectivity index (χ3v) is 4.32. The number of benzene rings is 1. The van der Waals surface area contributed by atoms with Gasteiger partial charge in [0, 0.05) is 32.3 Å². The summed E-state index contributed by atoms with van der Waals surface area (Å²) in [6.07, 6.45) is 4.04. The van der Waals surface area contributed by atoms with Crippen LogP contribution in [-0.4, -0.2) is 47.7 Å². The van der Waals surface area contributed by atoms with E-state index in [1.165, 1.54) is 0 Å². The van der Waals surface area contributed by atoms with Gasteiger partial charge in [0.15, 0.2) is 0 Å². The fourth-order valence-electron chi connectivity index (χ4n) is 3.15. The summed E-state index contributed by atoms with van der Waals surface area (Å²) in [5.74, 6) is 0.680. The molecule has 126 valence electrons. The molecule has 6 heteroatoms. The summed E-state index contributed by atoms with van der Waals surface area (Å²) in [7, 11) is 0. The number of hydrogen-bond donors (Lipinski definition) is 2. The van der Waals surface area contributed by atoms with Gasteiger partial charge < -0.3 is 20.7 Å². The molecule has 0 bridgehead atoms. The molecule has 1 aliphatic heterocycles. The van der Waals surface area contributed by atoms with Gasteiger partial charge in [-0.05, 0) is 17.7 Å². The lowest BCUT2D eigenvalue weighted by molar-refractivity contribution is 0.0493. The lowest BCUT2D eigenvalue weighted by atomic mass is 9.88. The van der Waals surface area contributed by atoms with Crippen LogP contribution in [0.4, 0.5) is 4.79 Å². The van der Waals surface area contributed by atoms with Crippen molar-refractivity contribution >= 4 is 6.03 Å². The minimum atomic E-state index is -0.527. The fraction of sp³-hybridized carbons (Fsp3) is 0.333. The Bertz CT molecular complexity index is 665. The van der Waals surface area contributed by atoms with Gasteiger partial charge in [0.1, 0.15) is 12.4 Å². The highest BCUT2D eigenvalue weighted by molar-refractivity contribution is 5.73. The van der Waals surface area contributed by atoms with Gasteiger partial charge in [0.05, 0.1) is 11.7 Å². The van der Waals surface area contributed by atoms with E-state index in [1.54, 1.807) is 17.3 Å². The molecule has 0 spiro atoms. The third-order valence-electron chi connectivity index (χ3n) is 4.32. The maximum atomic E-state index is 12.0. The van der Waals surface area contributed by atoms with Crippen molar-refractivity contribution in [1.82, 2.24) is 15.2 Å². The van der Waals surface area contributed by atoms with E-state index in [1.807, 2.05) is 30.3 Å². The van der Waals surface area contributed by atoms with Crippen LogP contribution in [0.1, 0.15) is 5.56 Å². The number of pyridine rings is 1. The van der Waals surface area contributed by atoms with Gasteiger partial charge in [-0.2, -0.15) is 0 Å². The first kappa shape index (κ1) is 16.3. The topological polar surface area (TPSA) is 80.5 Å². The number of carbonyl (C=O) groups is 1. The molecule has 1 atom stereocenters. The van der Waals surface area contributed by atoms with Crippen LogP contribution in [-0.2, 0) is 6.42 Å². The van der Waals surface area contributed by atoms with E-state index >= 15 is 0 Å². The van der Waals surface area contributed by atoms with Crippen LogP contribution < -0.4 is 15.8 Å². The van der Waals surface area contributed by atoms with E-state index < -0.39 is 11.6 Å². The van der Waals surface area contributed by atoms with Crippen molar-refractivity contribution < 1.29 is 9.53 Å². The first-order valence-electron chi connectivity index (χ1n) is 8.04. The van der Waals surface area contributed by atoms with Crippen LogP contribution in [0.25, 0.3) is 0 Å². The summed E-state index contributed by atoms with van der Waals surface area (Å²) in [6, 6.07) is 13.3. The molecule has 1 aromatic heterocycles. The van der Waals surface area contributed by atoms with Gasteiger partial charge in [-0.15, -0.1) is 0 Å². The Hall–Kier alpha value is -2.60. The highest BCUT2D eigenvalue weighted by Crippen LogP contribution is 2.25. The van der Waals surface area contributed by atoms with Crippen LogP contribution >= 0.6 is 0 Å². The lowest BCUT2D eigenvalue weighted by Crippen LogP contribution is -2.67. The smallest absolute Gasteiger partial charge is 0.315 e. The number of urea groups is 1. The third kappa shape index (κ3) is 3.65. The fourth-order valence-corrected chi connectivity index (χ4v) is 3.15. The molecule has 1 aliphatic rings. The molecule has 0 radical (unpaired) electrons. The van der Waals surface area contributed by atoms with E-state index in [0.717, 1.165) is 12.1 Å². The van der Waals surface area contributed by atoms with Gasteiger partial charge in [-0.1, -0.05) is 30.3 Å². The minimum Gasteiger partial charge on any atom is -0.489 e. The number of nitrogens with zero attached hydrogens (tertiary/aromatic N) is 2. The second-order valence-electron chi connectivity index (χ2n) is 6.03. The standard InChI is InChI=1S/C18H22N4O2/c19-17(23)22-10-9-21-13-18(22,11-15-5-2-1-3-6-15)14-24-16-7-4-8-20-12-16/h1-8,12,21H,9-11,13-14H2,(H2,19,23)/t18-/m1/s1. The van der Waals surface area contributed by atoms with Crippen molar-refractivity contribution in [3.05, 3.63) is 60.4 Å². The molecule has 2 amide bonds. The Balaban J connectivity index is 1.85. The molecular weight excluding hydrogens is 304 g/mol. The maximum absolute atomic E-state index is 12.0. The molecule has 3 N–H and O–H groups in total. The van der Waals surface area contributed by atoms with E-state index in [9.17, 15) is 4.79 Å². The zero-order chi connectivity index (χ0) is 16.8. The molecule has 0 aliphatic carbocycles. The molecule has 2 heterocycles. The lowest BCUT2D eigenvalue weighted by Gasteiger charge is -2.46. The summed E-state index contributed by atoms with van der Waals surface area (Å²) < 4.78 is 5.95. The largest absolute Gasteiger partial charge is 0.489 e. The van der Waals surface area contributed by atoms with Crippen LogP contribution in [0, 0.1) is 0 Å². The summed E-state index contributed by atoms with van der Waals surface area (Å²) in [5.41, 5.74) is 6.27. The van der Waals surface area contributed by atoms with Crippen molar-refractivity contribution in [2.45, 2.75) is 12.0 Å². The van der Waals surface area contributed by atoms with Crippen molar-refractivity contribution in [3.63, 3.8) is 0 Å². The van der Waals surface area contributed by atoms with Crippen LogP contribution in [0.15, 0.2) is 54.9 Å². The Kier molecular flexibility index (Phi) is 4.96. The molecule has 1 fully saturated rings. The van der Waals surface area contributed by atoms with Crippen LogP contribution in [0.5, 0.6) is 5.75 Å². The Morgan fingerprint density at radius 2 is 2.12 bits per heavy atom. The summed E-state index contributed by atoms with van der Waals surface area (Å²) in [6.45, 7) is 2.28. The molecule has 24 heavy (non-hydrogen) atoms. The average molecular weight is 326 g/mol. The number of carbonyl (C=O) groups excluding carboxylic acids is 1. The minimum absolute atomic E-state index is 0.351. The number of ether oxygens (including phenoxy) is 1. The molecule has 3 rings (SSSR count). The predicted octanol–water partition coefficient (Wildman–Crippen LogP) is 1.43. The number of nitrogens with two attached hydrogens (primary N) is 1. The quantitative estimate of drug-likeness (QED) is 0.871. The van der Waals surface area contributed by atoms with Crippen molar-refractivity contribution in [2.24, 2.45) is 5.73 Å². The molecule has 1 saturated heterocycles. The second kappa shape index (κ2) is 7.31. The maximum Gasteiger partial charge on any atom is 0.315 e. The van der Waals surface area contributed by atoms with Crippen molar-refractivity contribution in [2.75, 3.05) is 26.2 Å². The van der Waals surface area contributed by atoms with E-state index in [0.29, 0.717) is 31.9 Å². The van der Waals surface area contributed by atoms with Crippen molar-refractivity contribution in [1.29, 1.82) is 0 Å². The number of nitrogens with one attached hydrogen (secondary N) is 1. The molecule has 0 unspecified atom stereocenters. The molecule has 2 aromatic rings. The van der Waals surface area contributed by atoms with E-state index in [2.05, 4.69) is 22.4 Å². The Labute approximate surface area is 141 Å². The summed E-state index contributed by atoms with van der Waals surface area (Å²) in [5, 5.41) is 3.37. The summed E-state index contributed by atoms with van der Waals surface area (Å²) >= 11 is 0. The molecule has 1 aromatic carbocycles. The number of rotatable bonds is 5. The highest BCUT2D eigenvalue weighted by atomic mass is 16.5. The van der Waals surface area contributed by atoms with E-state index in [4.69, 9.17) is 10.5 Å². The normalized spacial score (nSPS) is 20.6. The first-order chi connectivity index (χ1) is 11.7. The van der Waals surface area contributed by atoms with Crippen LogP contribution in [0.2, 0.25) is 0 Å². The Morgan fingerprint density at radius 3 is 2.83 bits per heavy atom. The monoisotopic (exact) mass is 326 g/mol. The summed E-state index contributed by atoms with van der Waals surface area (Å²) in [4.78, 5) is 17.8. The van der Waals surface area contributed by atoms with E-state index in [-0.39, 0.29) is 0 Å². The number of primary amides is 1. The first-order valence-corrected chi connectivity index (χ1v) is 8.04. The zero-order valence-electron chi connectivity index (χ0n) is 13.5. The predicted molar refractivity (Wildman–Crippen MR) is 91.8 cm³/mol. The molecule has 0 saturated carbocycles. The molecule has 6 nitrogen and oxygen atoms in total. The van der Waals surface area contributed by atoms with Crippen LogP contribution in [0.3, 0.4) is 0 Å². The van der Waals surface area contributed by atoms with Gasteiger partial charge >= 0.3 is 6.03 Å². The van der Waals surface area contributed by atoms with Gasteiger partial charge in [0.25, 0.3) is 0 Å². The van der Waals surface area contributed by atoms with Gasteiger partial charge in [-0.25, -0.2) is 4.79 Å². The van der Waals surface area contributed by atoms with Gasteiger partial charge in [0.2, 0.25) is 0 Å². The molecular formula is C18H22N4O2. The number of aromatic nitrogens is 1. The number of piperazine rings is 1. The highest BCUT2D eigenvalue weighted by Gasteiger charge is 2.42. The zero-order valence-corrected chi connectivity index (χ0v) is 13.5. The van der Waals surface area contributed by atoms with Gasteiger partial charge in [-0.3, -0.25) is 4.98 Å². The van der Waals surface area contributed by atoms with Crippen molar-refractivity contribution in [3.8, 4) is 5.75 Å². The Morgan fingerprint density at radius 1 is 1.29 bits per heavy atom.